The Labute approximate surface area is 221 Å². The van der Waals surface area contributed by atoms with Crippen molar-refractivity contribution < 1.29 is 18.7 Å². The molecule has 1 aromatic heterocycles. The van der Waals surface area contributed by atoms with E-state index in [4.69, 9.17) is 4.74 Å². The topological polar surface area (TPSA) is 89.4 Å². The Morgan fingerprint density at radius 1 is 1.08 bits per heavy atom. The van der Waals surface area contributed by atoms with E-state index in [1.54, 1.807) is 43.5 Å². The molecule has 3 aromatic carbocycles. The number of hydrogen-bond donors (Lipinski definition) is 1. The maximum atomic E-state index is 15.2. The Kier molecular flexibility index (Phi) is 8.05. The smallest absolute Gasteiger partial charge is 0.247 e. The number of methoxy groups -OCH3 is 1. The third kappa shape index (κ3) is 5.99. The molecule has 1 heterocycles. The average molecular weight is 518 g/mol. The second kappa shape index (κ2) is 11.4. The molecule has 0 spiro atoms. The van der Waals surface area contributed by atoms with Gasteiger partial charge in [-0.1, -0.05) is 54.6 Å². The lowest BCUT2D eigenvalue weighted by Crippen LogP contribution is -2.50. The highest BCUT2D eigenvalue weighted by Crippen LogP contribution is 2.28. The third-order valence-corrected chi connectivity index (χ3v) is 6.62. The SMILES string of the molecule is CCC(C)(C)NC(=O)C(c1ccccc1F)N(Cc1cccc(OC)c1)C(=O)Cn1nnc2ccccc21. The molecular formula is C29H32FN5O3. The zero-order chi connectivity index (χ0) is 27.3. The van der Waals surface area contributed by atoms with E-state index in [9.17, 15) is 9.59 Å². The fraction of sp³-hybridized carbons (Fsp3) is 0.310. The summed E-state index contributed by atoms with van der Waals surface area (Å²) >= 11 is 0. The highest BCUT2D eigenvalue weighted by atomic mass is 19.1. The van der Waals surface area contributed by atoms with Crippen LogP contribution in [0.5, 0.6) is 5.75 Å². The molecule has 198 valence electrons. The minimum Gasteiger partial charge on any atom is -0.497 e. The minimum atomic E-state index is -1.23. The van der Waals surface area contributed by atoms with Gasteiger partial charge in [-0.3, -0.25) is 9.59 Å². The maximum absolute atomic E-state index is 15.2. The monoisotopic (exact) mass is 517 g/mol. The van der Waals surface area contributed by atoms with Crippen LogP contribution < -0.4 is 10.1 Å². The number of hydrogen-bond acceptors (Lipinski definition) is 5. The van der Waals surface area contributed by atoms with Gasteiger partial charge in [-0.05, 0) is 56.2 Å². The molecule has 2 amide bonds. The molecule has 9 heteroatoms. The first-order valence-electron chi connectivity index (χ1n) is 12.5. The summed E-state index contributed by atoms with van der Waals surface area (Å²) in [5.74, 6) is -0.851. The van der Waals surface area contributed by atoms with Gasteiger partial charge >= 0.3 is 0 Å². The lowest BCUT2D eigenvalue weighted by Gasteiger charge is -2.35. The number of nitrogens with zero attached hydrogens (tertiary/aromatic N) is 4. The van der Waals surface area contributed by atoms with Gasteiger partial charge in [-0.15, -0.1) is 5.10 Å². The molecule has 0 fully saturated rings. The second-order valence-electron chi connectivity index (χ2n) is 9.76. The summed E-state index contributed by atoms with van der Waals surface area (Å²) in [4.78, 5) is 29.2. The van der Waals surface area contributed by atoms with Gasteiger partial charge in [-0.2, -0.15) is 0 Å². The van der Waals surface area contributed by atoms with Crippen molar-refractivity contribution in [1.82, 2.24) is 25.2 Å². The van der Waals surface area contributed by atoms with Crippen molar-refractivity contribution >= 4 is 22.8 Å². The fourth-order valence-corrected chi connectivity index (χ4v) is 4.18. The molecule has 4 rings (SSSR count). The summed E-state index contributed by atoms with van der Waals surface area (Å²) in [5.41, 5.74) is 1.60. The molecule has 1 atom stereocenters. The first kappa shape index (κ1) is 26.8. The summed E-state index contributed by atoms with van der Waals surface area (Å²) in [5, 5.41) is 11.3. The van der Waals surface area contributed by atoms with Gasteiger partial charge in [0.15, 0.2) is 0 Å². The van der Waals surface area contributed by atoms with Crippen LogP contribution in [0.3, 0.4) is 0 Å². The molecule has 0 aliphatic rings. The van der Waals surface area contributed by atoms with Crippen molar-refractivity contribution in [1.29, 1.82) is 0 Å². The van der Waals surface area contributed by atoms with E-state index in [0.29, 0.717) is 23.2 Å². The molecule has 1 unspecified atom stereocenters. The average Bonchev–Trinajstić information content (AvgIpc) is 3.31. The second-order valence-corrected chi connectivity index (χ2v) is 9.76. The van der Waals surface area contributed by atoms with Crippen LogP contribution >= 0.6 is 0 Å². The lowest BCUT2D eigenvalue weighted by atomic mass is 9.98. The van der Waals surface area contributed by atoms with Gasteiger partial charge in [0.1, 0.15) is 29.7 Å². The Morgan fingerprint density at radius 3 is 2.55 bits per heavy atom. The van der Waals surface area contributed by atoms with Crippen LogP contribution in [0.25, 0.3) is 11.0 Å². The van der Waals surface area contributed by atoms with Crippen LogP contribution in [-0.4, -0.2) is 44.4 Å². The van der Waals surface area contributed by atoms with Crippen molar-refractivity contribution in [3.63, 3.8) is 0 Å². The van der Waals surface area contributed by atoms with E-state index >= 15 is 4.39 Å². The lowest BCUT2D eigenvalue weighted by molar-refractivity contribution is -0.143. The van der Waals surface area contributed by atoms with Crippen LogP contribution in [-0.2, 0) is 22.7 Å². The number of aromatic nitrogens is 3. The molecular weight excluding hydrogens is 485 g/mol. The number of ether oxygens (including phenoxy) is 1. The number of carbonyl (C=O) groups is 2. The maximum Gasteiger partial charge on any atom is 0.247 e. The van der Waals surface area contributed by atoms with Crippen molar-refractivity contribution in [3.05, 3.63) is 89.7 Å². The predicted octanol–water partition coefficient (Wildman–Crippen LogP) is 4.65. The number of benzene rings is 3. The van der Waals surface area contributed by atoms with Gasteiger partial charge in [-0.25, -0.2) is 9.07 Å². The number of rotatable bonds is 10. The summed E-state index contributed by atoms with van der Waals surface area (Å²) in [6.45, 7) is 5.59. The Hall–Kier alpha value is -4.27. The summed E-state index contributed by atoms with van der Waals surface area (Å²) in [6.07, 6.45) is 0.650. The van der Waals surface area contributed by atoms with Crippen molar-refractivity contribution in [2.24, 2.45) is 0 Å². The largest absolute Gasteiger partial charge is 0.497 e. The number of carbonyl (C=O) groups excluding carboxylic acids is 2. The van der Waals surface area contributed by atoms with Crippen LogP contribution in [0, 0.1) is 5.82 Å². The number of halogens is 1. The van der Waals surface area contributed by atoms with Crippen LogP contribution in [0.4, 0.5) is 4.39 Å². The van der Waals surface area contributed by atoms with Gasteiger partial charge in [0.05, 0.1) is 12.6 Å². The predicted molar refractivity (Wildman–Crippen MR) is 143 cm³/mol. The quantitative estimate of drug-likeness (QED) is 0.331. The normalized spacial score (nSPS) is 12.2. The summed E-state index contributed by atoms with van der Waals surface area (Å²) < 4.78 is 22.1. The minimum absolute atomic E-state index is 0.0433. The van der Waals surface area contributed by atoms with E-state index in [0.717, 1.165) is 5.56 Å². The highest BCUT2D eigenvalue weighted by molar-refractivity contribution is 5.89. The molecule has 0 saturated carbocycles. The van der Waals surface area contributed by atoms with E-state index in [1.165, 1.54) is 21.7 Å². The molecule has 8 nitrogen and oxygen atoms in total. The summed E-state index contributed by atoms with van der Waals surface area (Å²) in [6, 6.07) is 19.3. The van der Waals surface area contributed by atoms with Crippen molar-refractivity contribution in [2.45, 2.75) is 51.9 Å². The van der Waals surface area contributed by atoms with E-state index in [-0.39, 0.29) is 18.7 Å². The number of nitrogens with one attached hydrogen (secondary N) is 1. The number of amides is 2. The van der Waals surface area contributed by atoms with Gasteiger partial charge in [0.2, 0.25) is 11.8 Å². The number of para-hydroxylation sites is 1. The first-order valence-corrected chi connectivity index (χ1v) is 12.5. The third-order valence-electron chi connectivity index (χ3n) is 6.62. The molecule has 0 aliphatic heterocycles. The zero-order valence-electron chi connectivity index (χ0n) is 22.0. The Morgan fingerprint density at radius 2 is 1.82 bits per heavy atom. The van der Waals surface area contributed by atoms with Crippen LogP contribution in [0.2, 0.25) is 0 Å². The molecule has 0 bridgehead atoms. The molecule has 0 saturated heterocycles. The van der Waals surface area contributed by atoms with Gasteiger partial charge < -0.3 is 15.0 Å². The van der Waals surface area contributed by atoms with Crippen LogP contribution in [0.1, 0.15) is 44.4 Å². The molecule has 0 aliphatic carbocycles. The Bertz CT molecular complexity index is 1430. The van der Waals surface area contributed by atoms with Crippen molar-refractivity contribution in [3.8, 4) is 5.75 Å². The number of fused-ring (bicyclic) bond motifs is 1. The standard InChI is InChI=1S/C29H32FN5O3/c1-5-29(2,3)31-28(37)27(22-13-6-7-14-23(22)30)34(18-20-11-10-12-21(17-20)38-4)26(36)19-35-25-16-9-8-15-24(25)32-33-35/h6-17,27H,5,18-19H2,1-4H3,(H,31,37). The van der Waals surface area contributed by atoms with E-state index in [2.05, 4.69) is 15.6 Å². The first-order chi connectivity index (χ1) is 18.2. The molecule has 38 heavy (non-hydrogen) atoms. The zero-order valence-corrected chi connectivity index (χ0v) is 22.0. The van der Waals surface area contributed by atoms with Crippen LogP contribution in [0.15, 0.2) is 72.8 Å². The Balaban J connectivity index is 1.79. The highest BCUT2D eigenvalue weighted by Gasteiger charge is 2.36. The van der Waals surface area contributed by atoms with E-state index < -0.39 is 29.2 Å². The van der Waals surface area contributed by atoms with E-state index in [1.807, 2.05) is 45.0 Å². The molecule has 0 radical (unpaired) electrons. The van der Waals surface area contributed by atoms with Gasteiger partial charge in [0, 0.05) is 17.6 Å². The fourth-order valence-electron chi connectivity index (χ4n) is 4.18. The molecule has 4 aromatic rings. The molecule has 1 N–H and O–H groups in total. The van der Waals surface area contributed by atoms with Crippen molar-refractivity contribution in [2.75, 3.05) is 7.11 Å². The van der Waals surface area contributed by atoms with Gasteiger partial charge in [0.25, 0.3) is 0 Å². The summed E-state index contributed by atoms with van der Waals surface area (Å²) in [7, 11) is 1.56.